The molecule has 0 amide bonds. The summed E-state index contributed by atoms with van der Waals surface area (Å²) in [5, 5.41) is -0.220. The second-order valence-electron chi connectivity index (χ2n) is 3.62. The van der Waals surface area contributed by atoms with Gasteiger partial charge in [0.05, 0.1) is 0 Å². The van der Waals surface area contributed by atoms with Crippen molar-refractivity contribution in [3.8, 4) is 11.1 Å². The zero-order valence-electron chi connectivity index (χ0n) is 9.00. The molecule has 1 aromatic carbocycles. The van der Waals surface area contributed by atoms with Crippen molar-refractivity contribution in [2.75, 3.05) is 5.73 Å². The number of anilines is 1. The second kappa shape index (κ2) is 4.49. The molecule has 0 saturated heterocycles. The molecule has 2 rings (SSSR count). The Kier molecular flexibility index (Phi) is 3.17. The van der Waals surface area contributed by atoms with Gasteiger partial charge < -0.3 is 5.73 Å². The maximum Gasteiger partial charge on any atom is 0.433 e. The van der Waals surface area contributed by atoms with Crippen LogP contribution in [0, 0.1) is 0 Å². The first-order chi connectivity index (χ1) is 8.39. The topological polar surface area (TPSA) is 38.9 Å². The van der Waals surface area contributed by atoms with E-state index in [0.717, 1.165) is 6.07 Å². The Hall–Kier alpha value is -1.75. The largest absolute Gasteiger partial charge is 0.433 e. The van der Waals surface area contributed by atoms with Gasteiger partial charge in [0.1, 0.15) is 10.8 Å². The molecule has 0 aliphatic rings. The van der Waals surface area contributed by atoms with Gasteiger partial charge in [-0.15, -0.1) is 0 Å². The molecule has 0 radical (unpaired) electrons. The number of nitrogens with two attached hydrogens (primary N) is 1. The van der Waals surface area contributed by atoms with E-state index in [-0.39, 0.29) is 5.15 Å². The number of aromatic nitrogens is 1. The van der Waals surface area contributed by atoms with E-state index in [2.05, 4.69) is 4.98 Å². The Morgan fingerprint density at radius 2 is 1.67 bits per heavy atom. The SMILES string of the molecule is Nc1ccccc1-c1ccc(C(F)(F)F)nc1Cl. The maximum absolute atomic E-state index is 12.4. The fourth-order valence-corrected chi connectivity index (χ4v) is 1.79. The quantitative estimate of drug-likeness (QED) is 0.629. The van der Waals surface area contributed by atoms with Crippen LogP contribution >= 0.6 is 11.6 Å². The van der Waals surface area contributed by atoms with Crippen molar-refractivity contribution in [1.82, 2.24) is 4.98 Å². The first kappa shape index (κ1) is 12.7. The number of benzene rings is 1. The van der Waals surface area contributed by atoms with E-state index >= 15 is 0 Å². The highest BCUT2D eigenvalue weighted by molar-refractivity contribution is 6.32. The minimum atomic E-state index is -4.51. The van der Waals surface area contributed by atoms with Crippen molar-refractivity contribution >= 4 is 17.3 Å². The fraction of sp³-hybridized carbons (Fsp3) is 0.0833. The van der Waals surface area contributed by atoms with E-state index in [4.69, 9.17) is 17.3 Å². The number of alkyl halides is 3. The van der Waals surface area contributed by atoms with Gasteiger partial charge in [0.2, 0.25) is 0 Å². The number of para-hydroxylation sites is 1. The van der Waals surface area contributed by atoms with Gasteiger partial charge in [0, 0.05) is 16.8 Å². The van der Waals surface area contributed by atoms with E-state index < -0.39 is 11.9 Å². The number of pyridine rings is 1. The molecular weight excluding hydrogens is 265 g/mol. The maximum atomic E-state index is 12.4. The summed E-state index contributed by atoms with van der Waals surface area (Å²) in [5.74, 6) is 0. The summed E-state index contributed by atoms with van der Waals surface area (Å²) in [6, 6.07) is 8.91. The molecule has 0 fully saturated rings. The van der Waals surface area contributed by atoms with Gasteiger partial charge in [-0.3, -0.25) is 0 Å². The van der Waals surface area contributed by atoms with E-state index in [1.807, 2.05) is 0 Å². The van der Waals surface area contributed by atoms with Gasteiger partial charge in [0.15, 0.2) is 0 Å². The summed E-state index contributed by atoms with van der Waals surface area (Å²) < 4.78 is 37.3. The van der Waals surface area contributed by atoms with Crippen molar-refractivity contribution in [1.29, 1.82) is 0 Å². The van der Waals surface area contributed by atoms with Crippen molar-refractivity contribution in [3.63, 3.8) is 0 Å². The first-order valence-electron chi connectivity index (χ1n) is 4.98. The highest BCUT2D eigenvalue weighted by Crippen LogP contribution is 2.34. The smallest absolute Gasteiger partial charge is 0.398 e. The Bertz CT molecular complexity index is 582. The van der Waals surface area contributed by atoms with Crippen LogP contribution in [-0.4, -0.2) is 4.98 Å². The van der Waals surface area contributed by atoms with Crippen LogP contribution < -0.4 is 5.73 Å². The lowest BCUT2D eigenvalue weighted by Gasteiger charge is -2.10. The van der Waals surface area contributed by atoms with Gasteiger partial charge in [-0.1, -0.05) is 29.8 Å². The molecule has 2 nitrogen and oxygen atoms in total. The van der Waals surface area contributed by atoms with E-state index in [9.17, 15) is 13.2 Å². The molecule has 0 aliphatic carbocycles. The van der Waals surface area contributed by atoms with Gasteiger partial charge >= 0.3 is 6.18 Å². The molecular formula is C12H8ClF3N2. The van der Waals surface area contributed by atoms with Crippen LogP contribution in [0.25, 0.3) is 11.1 Å². The summed E-state index contributed by atoms with van der Waals surface area (Å²) in [5.41, 5.74) is 6.08. The molecule has 0 spiro atoms. The summed E-state index contributed by atoms with van der Waals surface area (Å²) >= 11 is 5.78. The van der Waals surface area contributed by atoms with E-state index in [1.165, 1.54) is 6.07 Å². The summed E-state index contributed by atoms with van der Waals surface area (Å²) in [6.07, 6.45) is -4.51. The van der Waals surface area contributed by atoms with Crippen LogP contribution in [0.3, 0.4) is 0 Å². The zero-order chi connectivity index (χ0) is 13.3. The highest BCUT2D eigenvalue weighted by Gasteiger charge is 2.33. The predicted octanol–water partition coefficient (Wildman–Crippen LogP) is 4.00. The molecule has 2 aromatic rings. The van der Waals surface area contributed by atoms with Crippen molar-refractivity contribution < 1.29 is 13.2 Å². The van der Waals surface area contributed by atoms with E-state index in [1.54, 1.807) is 24.3 Å². The Balaban J connectivity index is 2.52. The minimum Gasteiger partial charge on any atom is -0.398 e. The lowest BCUT2D eigenvalue weighted by atomic mass is 10.1. The molecule has 6 heteroatoms. The molecule has 18 heavy (non-hydrogen) atoms. The number of nitrogen functional groups attached to an aromatic ring is 1. The molecule has 0 saturated carbocycles. The third kappa shape index (κ3) is 2.41. The van der Waals surface area contributed by atoms with Crippen LogP contribution in [0.2, 0.25) is 5.15 Å². The minimum absolute atomic E-state index is 0.220. The standard InChI is InChI=1S/C12H8ClF3N2/c13-11-8(7-3-1-2-4-9(7)17)5-6-10(18-11)12(14,15)16/h1-6H,17H2. The summed E-state index contributed by atoms with van der Waals surface area (Å²) in [6.45, 7) is 0. The van der Waals surface area contributed by atoms with Crippen LogP contribution in [0.15, 0.2) is 36.4 Å². The molecule has 0 bridgehead atoms. The highest BCUT2D eigenvalue weighted by atomic mass is 35.5. The van der Waals surface area contributed by atoms with Gasteiger partial charge in [-0.05, 0) is 18.2 Å². The number of rotatable bonds is 1. The van der Waals surface area contributed by atoms with Crippen molar-refractivity contribution in [2.24, 2.45) is 0 Å². The van der Waals surface area contributed by atoms with Gasteiger partial charge in [-0.25, -0.2) is 4.98 Å². The van der Waals surface area contributed by atoms with Crippen molar-refractivity contribution in [2.45, 2.75) is 6.18 Å². The molecule has 0 unspecified atom stereocenters. The van der Waals surface area contributed by atoms with Crippen LogP contribution in [-0.2, 0) is 6.18 Å². The molecule has 1 heterocycles. The number of hydrogen-bond donors (Lipinski definition) is 1. The van der Waals surface area contributed by atoms with Crippen LogP contribution in [0.1, 0.15) is 5.69 Å². The lowest BCUT2D eigenvalue weighted by Crippen LogP contribution is -2.08. The lowest BCUT2D eigenvalue weighted by molar-refractivity contribution is -0.141. The molecule has 0 aliphatic heterocycles. The Morgan fingerprint density at radius 1 is 1.00 bits per heavy atom. The molecule has 1 aromatic heterocycles. The van der Waals surface area contributed by atoms with Gasteiger partial charge in [0.25, 0.3) is 0 Å². The average molecular weight is 273 g/mol. The Morgan fingerprint density at radius 3 is 2.22 bits per heavy atom. The molecule has 0 atom stereocenters. The third-order valence-corrected chi connectivity index (χ3v) is 2.68. The van der Waals surface area contributed by atoms with Crippen molar-refractivity contribution in [3.05, 3.63) is 47.2 Å². The monoisotopic (exact) mass is 272 g/mol. The van der Waals surface area contributed by atoms with Crippen LogP contribution in [0.5, 0.6) is 0 Å². The third-order valence-electron chi connectivity index (χ3n) is 2.39. The zero-order valence-corrected chi connectivity index (χ0v) is 9.76. The molecule has 94 valence electrons. The first-order valence-corrected chi connectivity index (χ1v) is 5.36. The predicted molar refractivity (Wildman–Crippen MR) is 64.1 cm³/mol. The average Bonchev–Trinajstić information content (AvgIpc) is 2.29. The fourth-order valence-electron chi connectivity index (χ4n) is 1.54. The normalized spacial score (nSPS) is 11.6. The summed E-state index contributed by atoms with van der Waals surface area (Å²) in [4.78, 5) is 3.35. The summed E-state index contributed by atoms with van der Waals surface area (Å²) in [7, 11) is 0. The number of halogens is 4. The number of nitrogens with zero attached hydrogens (tertiary/aromatic N) is 1. The number of hydrogen-bond acceptors (Lipinski definition) is 2. The second-order valence-corrected chi connectivity index (χ2v) is 3.98. The van der Waals surface area contributed by atoms with Crippen LogP contribution in [0.4, 0.5) is 18.9 Å². The Labute approximate surface area is 106 Å². The molecule has 2 N–H and O–H groups in total. The van der Waals surface area contributed by atoms with E-state index in [0.29, 0.717) is 16.8 Å². The van der Waals surface area contributed by atoms with Gasteiger partial charge in [-0.2, -0.15) is 13.2 Å².